The van der Waals surface area contributed by atoms with Crippen LogP contribution in [0.15, 0.2) is 24.3 Å². The van der Waals surface area contributed by atoms with Crippen molar-refractivity contribution in [3.63, 3.8) is 0 Å². The summed E-state index contributed by atoms with van der Waals surface area (Å²) in [6.07, 6.45) is 1.76. The van der Waals surface area contributed by atoms with Gasteiger partial charge in [0, 0.05) is 13.6 Å². The van der Waals surface area contributed by atoms with E-state index in [4.69, 9.17) is 0 Å². The molecule has 0 saturated carbocycles. The molecule has 108 valence electrons. The number of aryl methyl sites for hydroxylation is 1. The molecule has 0 aliphatic carbocycles. The first kappa shape index (κ1) is 13.9. The molecule has 1 aromatic carbocycles. The Kier molecular flexibility index (Phi) is 4.01. The molecule has 2 N–H and O–H groups in total. The lowest BCUT2D eigenvalue weighted by molar-refractivity contribution is 0.0318. The van der Waals surface area contributed by atoms with Gasteiger partial charge in [-0.05, 0) is 36.5 Å². The van der Waals surface area contributed by atoms with Gasteiger partial charge in [-0.25, -0.2) is 4.98 Å². The zero-order chi connectivity index (χ0) is 14.0. The third-order valence-corrected chi connectivity index (χ3v) is 5.03. The van der Waals surface area contributed by atoms with Crippen molar-refractivity contribution in [2.75, 3.05) is 18.1 Å². The smallest absolute Gasteiger partial charge is 0.123 e. The molecule has 2 heterocycles. The quantitative estimate of drug-likeness (QED) is 0.903. The van der Waals surface area contributed by atoms with Gasteiger partial charge in [0.2, 0.25) is 0 Å². The highest BCUT2D eigenvalue weighted by Gasteiger charge is 2.28. The van der Waals surface area contributed by atoms with Crippen LogP contribution in [0, 0.1) is 0 Å². The molecule has 0 spiro atoms. The minimum atomic E-state index is -0.532. The van der Waals surface area contributed by atoms with Crippen molar-refractivity contribution >= 4 is 22.8 Å². The molecule has 1 saturated heterocycles. The molecule has 0 bridgehead atoms. The third kappa shape index (κ3) is 2.85. The number of para-hydroxylation sites is 2. The lowest BCUT2D eigenvalue weighted by Crippen LogP contribution is -2.43. The normalized spacial score (nSPS) is 18.5. The van der Waals surface area contributed by atoms with E-state index in [0.29, 0.717) is 13.1 Å². The number of nitrogens with zero attached hydrogens (tertiary/aromatic N) is 2. The van der Waals surface area contributed by atoms with E-state index in [1.807, 2.05) is 37.0 Å². The average Bonchev–Trinajstić information content (AvgIpc) is 2.77. The van der Waals surface area contributed by atoms with E-state index in [0.717, 1.165) is 41.2 Å². The van der Waals surface area contributed by atoms with E-state index in [-0.39, 0.29) is 0 Å². The van der Waals surface area contributed by atoms with Crippen LogP contribution in [-0.2, 0) is 13.6 Å². The molecule has 0 radical (unpaired) electrons. The fraction of sp³-hybridized carbons (Fsp3) is 0.533. The van der Waals surface area contributed by atoms with Crippen molar-refractivity contribution in [2.45, 2.75) is 25.0 Å². The summed E-state index contributed by atoms with van der Waals surface area (Å²) in [4.78, 5) is 4.63. The standard InChI is InChI=1S/C15H21N3OS/c1-18-13-5-3-2-4-12(13)17-14(18)10-16-11-15(19)6-8-20-9-7-15/h2-5,16,19H,6-11H2,1H3. The Bertz CT molecular complexity index is 590. The average molecular weight is 291 g/mol. The number of thioether (sulfide) groups is 1. The van der Waals surface area contributed by atoms with E-state index in [9.17, 15) is 5.11 Å². The van der Waals surface area contributed by atoms with Crippen molar-refractivity contribution in [3.8, 4) is 0 Å². The highest BCUT2D eigenvalue weighted by molar-refractivity contribution is 7.99. The molecule has 20 heavy (non-hydrogen) atoms. The first-order chi connectivity index (χ1) is 9.68. The third-order valence-electron chi connectivity index (χ3n) is 4.04. The Labute approximate surface area is 123 Å². The molecule has 1 aliphatic rings. The predicted octanol–water partition coefficient (Wildman–Crippen LogP) is 1.92. The van der Waals surface area contributed by atoms with Crippen molar-refractivity contribution < 1.29 is 5.11 Å². The van der Waals surface area contributed by atoms with Crippen LogP contribution in [0.1, 0.15) is 18.7 Å². The molecule has 0 amide bonds. The van der Waals surface area contributed by atoms with Crippen LogP contribution in [0.5, 0.6) is 0 Å². The van der Waals surface area contributed by atoms with Crippen LogP contribution in [0.25, 0.3) is 11.0 Å². The van der Waals surface area contributed by atoms with Gasteiger partial charge in [-0.2, -0.15) is 11.8 Å². The molecule has 1 aromatic heterocycles. The summed E-state index contributed by atoms with van der Waals surface area (Å²) < 4.78 is 2.11. The summed E-state index contributed by atoms with van der Waals surface area (Å²) in [5.74, 6) is 3.13. The van der Waals surface area contributed by atoms with E-state index in [1.165, 1.54) is 0 Å². The van der Waals surface area contributed by atoms with E-state index in [2.05, 4.69) is 20.9 Å². The van der Waals surface area contributed by atoms with Gasteiger partial charge in [-0.15, -0.1) is 0 Å². The van der Waals surface area contributed by atoms with Crippen LogP contribution in [0.3, 0.4) is 0 Å². The number of aliphatic hydroxyl groups is 1. The van der Waals surface area contributed by atoms with Crippen LogP contribution in [-0.4, -0.2) is 38.3 Å². The Morgan fingerprint density at radius 1 is 1.35 bits per heavy atom. The Hall–Kier alpha value is -1.04. The Morgan fingerprint density at radius 3 is 2.85 bits per heavy atom. The van der Waals surface area contributed by atoms with Crippen LogP contribution >= 0.6 is 11.8 Å². The number of aromatic nitrogens is 2. The summed E-state index contributed by atoms with van der Waals surface area (Å²) in [7, 11) is 2.04. The fourth-order valence-corrected chi connectivity index (χ4v) is 3.94. The van der Waals surface area contributed by atoms with Gasteiger partial charge in [-0.1, -0.05) is 12.1 Å². The maximum atomic E-state index is 10.5. The van der Waals surface area contributed by atoms with Gasteiger partial charge in [-0.3, -0.25) is 0 Å². The summed E-state index contributed by atoms with van der Waals surface area (Å²) in [6.45, 7) is 1.34. The number of rotatable bonds is 4. The lowest BCUT2D eigenvalue weighted by atomic mass is 9.97. The molecule has 0 atom stereocenters. The number of hydrogen-bond donors (Lipinski definition) is 2. The minimum Gasteiger partial charge on any atom is -0.389 e. The molecular formula is C15H21N3OS. The molecular weight excluding hydrogens is 270 g/mol. The molecule has 2 aromatic rings. The predicted molar refractivity (Wildman–Crippen MR) is 83.9 cm³/mol. The van der Waals surface area contributed by atoms with Gasteiger partial charge in [0.15, 0.2) is 0 Å². The molecule has 5 heteroatoms. The second-order valence-electron chi connectivity index (χ2n) is 5.52. The van der Waals surface area contributed by atoms with Crippen molar-refractivity contribution in [2.24, 2.45) is 7.05 Å². The van der Waals surface area contributed by atoms with Gasteiger partial charge >= 0.3 is 0 Å². The van der Waals surface area contributed by atoms with Gasteiger partial charge < -0.3 is 15.0 Å². The highest BCUT2D eigenvalue weighted by atomic mass is 32.2. The number of fused-ring (bicyclic) bond motifs is 1. The SMILES string of the molecule is Cn1c(CNCC2(O)CCSCC2)nc2ccccc21. The van der Waals surface area contributed by atoms with Crippen LogP contribution < -0.4 is 5.32 Å². The molecule has 3 rings (SSSR count). The number of benzene rings is 1. The van der Waals surface area contributed by atoms with Crippen molar-refractivity contribution in [1.82, 2.24) is 14.9 Å². The second kappa shape index (κ2) is 5.76. The van der Waals surface area contributed by atoms with E-state index < -0.39 is 5.60 Å². The maximum Gasteiger partial charge on any atom is 0.123 e. The Balaban J connectivity index is 1.63. The molecule has 4 nitrogen and oxygen atoms in total. The molecule has 1 fully saturated rings. The van der Waals surface area contributed by atoms with Crippen LogP contribution in [0.2, 0.25) is 0 Å². The first-order valence-electron chi connectivity index (χ1n) is 7.09. The second-order valence-corrected chi connectivity index (χ2v) is 6.74. The summed E-state index contributed by atoms with van der Waals surface area (Å²) in [5, 5.41) is 13.8. The van der Waals surface area contributed by atoms with Gasteiger partial charge in [0.05, 0.1) is 23.2 Å². The summed E-state index contributed by atoms with van der Waals surface area (Å²) in [6, 6.07) is 8.15. The minimum absolute atomic E-state index is 0.532. The van der Waals surface area contributed by atoms with Gasteiger partial charge in [0.1, 0.15) is 5.82 Å². The van der Waals surface area contributed by atoms with Crippen molar-refractivity contribution in [1.29, 1.82) is 0 Å². The highest BCUT2D eigenvalue weighted by Crippen LogP contribution is 2.26. The first-order valence-corrected chi connectivity index (χ1v) is 8.25. The fourth-order valence-electron chi connectivity index (χ4n) is 2.69. The van der Waals surface area contributed by atoms with Crippen LogP contribution in [0.4, 0.5) is 0 Å². The lowest BCUT2D eigenvalue weighted by Gasteiger charge is -2.31. The number of hydrogen-bond acceptors (Lipinski definition) is 4. The number of nitrogens with one attached hydrogen (secondary N) is 1. The number of imidazole rings is 1. The summed E-state index contributed by atoms with van der Waals surface area (Å²) >= 11 is 1.93. The Morgan fingerprint density at radius 2 is 2.10 bits per heavy atom. The topological polar surface area (TPSA) is 50.1 Å². The monoisotopic (exact) mass is 291 g/mol. The zero-order valence-corrected chi connectivity index (χ0v) is 12.6. The van der Waals surface area contributed by atoms with Crippen molar-refractivity contribution in [3.05, 3.63) is 30.1 Å². The maximum absolute atomic E-state index is 10.5. The summed E-state index contributed by atoms with van der Waals surface area (Å²) in [5.41, 5.74) is 1.65. The largest absolute Gasteiger partial charge is 0.389 e. The van der Waals surface area contributed by atoms with Gasteiger partial charge in [0.25, 0.3) is 0 Å². The zero-order valence-electron chi connectivity index (χ0n) is 11.8. The molecule has 1 aliphatic heterocycles. The van der Waals surface area contributed by atoms with E-state index >= 15 is 0 Å². The van der Waals surface area contributed by atoms with E-state index in [1.54, 1.807) is 0 Å². The molecule has 0 unspecified atom stereocenters.